The van der Waals surface area contributed by atoms with Gasteiger partial charge in [0.25, 0.3) is 0 Å². The van der Waals surface area contributed by atoms with E-state index in [1.54, 1.807) is 18.2 Å². The number of carbonyl (C=O) groups excluding carboxylic acids is 1. The molecule has 1 unspecified atom stereocenters. The number of urea groups is 1. The Kier molecular flexibility index (Phi) is 6.32. The lowest BCUT2D eigenvalue weighted by atomic mass is 10.1. The summed E-state index contributed by atoms with van der Waals surface area (Å²) in [7, 11) is 2.07. The second-order valence-corrected chi connectivity index (χ2v) is 6.40. The minimum absolute atomic E-state index is 0.0574. The van der Waals surface area contributed by atoms with E-state index in [1.165, 1.54) is 0 Å². The summed E-state index contributed by atoms with van der Waals surface area (Å²) in [6.45, 7) is 2.01. The maximum Gasteiger partial charge on any atom is 0.315 e. The summed E-state index contributed by atoms with van der Waals surface area (Å²) >= 11 is 12.1. The molecule has 0 saturated carbocycles. The number of likely N-dealkylation sites (tertiary alicyclic amines) is 1. The van der Waals surface area contributed by atoms with E-state index in [0.717, 1.165) is 25.9 Å². The predicted molar refractivity (Wildman–Crippen MR) is 88.5 cm³/mol. The van der Waals surface area contributed by atoms with Crippen molar-refractivity contribution < 1.29 is 9.90 Å². The first-order chi connectivity index (χ1) is 10.5. The summed E-state index contributed by atoms with van der Waals surface area (Å²) in [5, 5.41) is 16.5. The number of aliphatic hydroxyl groups excluding tert-OH is 1. The first-order valence-electron chi connectivity index (χ1n) is 7.32. The lowest BCUT2D eigenvalue weighted by Gasteiger charge is -2.29. The molecule has 1 aliphatic rings. The Bertz CT molecular complexity index is 499. The van der Waals surface area contributed by atoms with Gasteiger partial charge in [-0.15, -0.1) is 0 Å². The molecule has 1 aliphatic heterocycles. The summed E-state index contributed by atoms with van der Waals surface area (Å²) in [6.07, 6.45) is 0.926. The molecule has 5 nitrogen and oxygen atoms in total. The number of piperidine rings is 1. The maximum atomic E-state index is 11.9. The van der Waals surface area contributed by atoms with E-state index in [4.69, 9.17) is 23.2 Å². The largest absolute Gasteiger partial charge is 0.386 e. The standard InChI is InChI=1S/C15H21Cl2N3O2/c1-20-7-5-10(6-8-20)19-15(22)18-9-13(21)14-11(16)3-2-4-12(14)17/h2-4,10,13,21H,5-9H2,1H3,(H2,18,19,22). The van der Waals surface area contributed by atoms with Crippen LogP contribution in [-0.4, -0.2) is 48.8 Å². The number of nitrogens with zero attached hydrogens (tertiary/aromatic N) is 1. The molecule has 0 aliphatic carbocycles. The zero-order chi connectivity index (χ0) is 16.1. The molecule has 22 heavy (non-hydrogen) atoms. The predicted octanol–water partition coefficient (Wildman–Crippen LogP) is 2.42. The summed E-state index contributed by atoms with van der Waals surface area (Å²) < 4.78 is 0. The highest BCUT2D eigenvalue weighted by Gasteiger charge is 2.20. The normalized spacial score (nSPS) is 18.0. The molecule has 0 bridgehead atoms. The molecule has 2 amide bonds. The lowest BCUT2D eigenvalue weighted by Crippen LogP contribution is -2.47. The molecule has 1 atom stereocenters. The second kappa shape index (κ2) is 8.02. The second-order valence-electron chi connectivity index (χ2n) is 5.58. The minimum Gasteiger partial charge on any atom is -0.386 e. The van der Waals surface area contributed by atoms with E-state index in [-0.39, 0.29) is 18.6 Å². The minimum atomic E-state index is -0.940. The number of hydrogen-bond donors (Lipinski definition) is 3. The highest BCUT2D eigenvalue weighted by atomic mass is 35.5. The molecule has 122 valence electrons. The van der Waals surface area contributed by atoms with Crippen LogP contribution in [0.1, 0.15) is 24.5 Å². The van der Waals surface area contributed by atoms with Crippen molar-refractivity contribution in [3.63, 3.8) is 0 Å². The van der Waals surface area contributed by atoms with Gasteiger partial charge in [-0.1, -0.05) is 29.3 Å². The van der Waals surface area contributed by atoms with Gasteiger partial charge in [-0.3, -0.25) is 0 Å². The van der Waals surface area contributed by atoms with Crippen LogP contribution in [-0.2, 0) is 0 Å². The van der Waals surface area contributed by atoms with E-state index in [1.807, 2.05) is 0 Å². The number of rotatable bonds is 4. The summed E-state index contributed by atoms with van der Waals surface area (Å²) in [4.78, 5) is 14.1. The maximum absolute atomic E-state index is 11.9. The Labute approximate surface area is 140 Å². The summed E-state index contributed by atoms with van der Waals surface area (Å²) in [5.74, 6) is 0. The van der Waals surface area contributed by atoms with Crippen molar-refractivity contribution in [2.75, 3.05) is 26.7 Å². The molecule has 1 aromatic rings. The molecule has 1 heterocycles. The van der Waals surface area contributed by atoms with Crippen molar-refractivity contribution in [3.05, 3.63) is 33.8 Å². The van der Waals surface area contributed by atoms with Crippen molar-refractivity contribution >= 4 is 29.2 Å². The van der Waals surface area contributed by atoms with Gasteiger partial charge < -0.3 is 20.6 Å². The number of halogens is 2. The van der Waals surface area contributed by atoms with Crippen LogP contribution in [0.4, 0.5) is 4.79 Å². The van der Waals surface area contributed by atoms with Crippen LogP contribution in [0.2, 0.25) is 10.0 Å². The molecule has 1 saturated heterocycles. The number of nitrogens with one attached hydrogen (secondary N) is 2. The van der Waals surface area contributed by atoms with Crippen molar-refractivity contribution in [1.82, 2.24) is 15.5 Å². The van der Waals surface area contributed by atoms with Gasteiger partial charge in [0.05, 0.1) is 6.10 Å². The van der Waals surface area contributed by atoms with Gasteiger partial charge in [0.2, 0.25) is 0 Å². The highest BCUT2D eigenvalue weighted by molar-refractivity contribution is 6.36. The molecule has 0 spiro atoms. The zero-order valence-corrected chi connectivity index (χ0v) is 14.0. The third-order valence-electron chi connectivity index (χ3n) is 3.84. The average molecular weight is 346 g/mol. The zero-order valence-electron chi connectivity index (χ0n) is 12.5. The fourth-order valence-corrected chi connectivity index (χ4v) is 3.16. The van der Waals surface area contributed by atoms with Crippen LogP contribution < -0.4 is 10.6 Å². The van der Waals surface area contributed by atoms with Gasteiger partial charge in [0.1, 0.15) is 0 Å². The van der Waals surface area contributed by atoms with Gasteiger partial charge in [0, 0.05) is 28.2 Å². The Morgan fingerprint density at radius 2 is 1.95 bits per heavy atom. The first kappa shape index (κ1) is 17.3. The van der Waals surface area contributed by atoms with E-state index in [0.29, 0.717) is 15.6 Å². The monoisotopic (exact) mass is 345 g/mol. The van der Waals surface area contributed by atoms with Crippen molar-refractivity contribution in [3.8, 4) is 0 Å². The van der Waals surface area contributed by atoms with Crippen LogP contribution in [0, 0.1) is 0 Å². The molecule has 0 aromatic heterocycles. The first-order valence-corrected chi connectivity index (χ1v) is 8.08. The molecule has 2 rings (SSSR count). The Balaban J connectivity index is 1.81. The van der Waals surface area contributed by atoms with Gasteiger partial charge in [-0.05, 0) is 45.1 Å². The molecule has 0 radical (unpaired) electrons. The van der Waals surface area contributed by atoms with E-state index in [2.05, 4.69) is 22.6 Å². The Morgan fingerprint density at radius 3 is 2.55 bits per heavy atom. The van der Waals surface area contributed by atoms with Gasteiger partial charge >= 0.3 is 6.03 Å². The third kappa shape index (κ3) is 4.74. The number of benzene rings is 1. The van der Waals surface area contributed by atoms with Crippen molar-refractivity contribution in [1.29, 1.82) is 0 Å². The third-order valence-corrected chi connectivity index (χ3v) is 4.50. The number of aliphatic hydroxyl groups is 1. The fraction of sp³-hybridized carbons (Fsp3) is 0.533. The molecular formula is C15H21Cl2N3O2. The summed E-state index contributed by atoms with van der Waals surface area (Å²) in [5.41, 5.74) is 0.436. The number of amides is 2. The molecule has 3 N–H and O–H groups in total. The highest BCUT2D eigenvalue weighted by Crippen LogP contribution is 2.29. The van der Waals surface area contributed by atoms with Crippen LogP contribution in [0.5, 0.6) is 0 Å². The van der Waals surface area contributed by atoms with Gasteiger partial charge in [0.15, 0.2) is 0 Å². The number of hydrogen-bond acceptors (Lipinski definition) is 3. The fourth-order valence-electron chi connectivity index (χ4n) is 2.51. The molecular weight excluding hydrogens is 325 g/mol. The summed E-state index contributed by atoms with van der Waals surface area (Å²) in [6, 6.07) is 4.92. The van der Waals surface area contributed by atoms with E-state index >= 15 is 0 Å². The van der Waals surface area contributed by atoms with Gasteiger partial charge in [-0.25, -0.2) is 4.79 Å². The average Bonchev–Trinajstić information content (AvgIpc) is 2.47. The number of carbonyl (C=O) groups is 1. The topological polar surface area (TPSA) is 64.6 Å². The van der Waals surface area contributed by atoms with E-state index in [9.17, 15) is 9.90 Å². The van der Waals surface area contributed by atoms with Crippen LogP contribution in [0.3, 0.4) is 0 Å². The lowest BCUT2D eigenvalue weighted by molar-refractivity contribution is 0.170. The van der Waals surface area contributed by atoms with E-state index < -0.39 is 6.10 Å². The SMILES string of the molecule is CN1CCC(NC(=O)NCC(O)c2c(Cl)cccc2Cl)CC1. The quantitative estimate of drug-likeness (QED) is 0.785. The van der Waals surface area contributed by atoms with Crippen molar-refractivity contribution in [2.45, 2.75) is 25.0 Å². The van der Waals surface area contributed by atoms with Crippen LogP contribution >= 0.6 is 23.2 Å². The Hall–Kier alpha value is -1.01. The van der Waals surface area contributed by atoms with Crippen LogP contribution in [0.25, 0.3) is 0 Å². The van der Waals surface area contributed by atoms with Crippen molar-refractivity contribution in [2.24, 2.45) is 0 Å². The molecule has 7 heteroatoms. The van der Waals surface area contributed by atoms with Crippen LogP contribution in [0.15, 0.2) is 18.2 Å². The van der Waals surface area contributed by atoms with Gasteiger partial charge in [-0.2, -0.15) is 0 Å². The smallest absolute Gasteiger partial charge is 0.315 e. The Morgan fingerprint density at radius 1 is 1.36 bits per heavy atom. The molecule has 1 aromatic carbocycles. The molecule has 1 fully saturated rings.